The number of anilines is 1. The predicted octanol–water partition coefficient (Wildman–Crippen LogP) is 3.32. The number of carbonyl (C=O) groups excluding carboxylic acids is 2. The average molecular weight is 461 g/mol. The van der Waals surface area contributed by atoms with Crippen molar-refractivity contribution in [1.82, 2.24) is 15.8 Å². The Morgan fingerprint density at radius 1 is 1.15 bits per heavy atom. The van der Waals surface area contributed by atoms with Crippen LogP contribution in [0.2, 0.25) is 0 Å². The third-order valence-electron chi connectivity index (χ3n) is 6.88. The molecule has 4 N–H and O–H groups in total. The zero-order valence-electron chi connectivity index (χ0n) is 19.0. The first-order valence-electron chi connectivity index (χ1n) is 11.5. The summed E-state index contributed by atoms with van der Waals surface area (Å²) in [5.41, 5.74) is 5.36. The van der Waals surface area contributed by atoms with Gasteiger partial charge in [0, 0.05) is 28.9 Å². The molecule has 2 fully saturated rings. The number of rotatable bonds is 6. The third kappa shape index (κ3) is 4.60. The van der Waals surface area contributed by atoms with Crippen molar-refractivity contribution < 1.29 is 19.5 Å². The highest BCUT2D eigenvalue weighted by Crippen LogP contribution is 2.52. The SMILES string of the molecule is Cc1cc(COc2ccc(NC(=O)[C@H]3NCC4(CC4)C[C@@H]3C(=O)NO)cc2)c2ccccc2n1. The van der Waals surface area contributed by atoms with Crippen LogP contribution in [0.5, 0.6) is 5.75 Å². The molecule has 2 aromatic carbocycles. The van der Waals surface area contributed by atoms with Crippen LogP contribution in [-0.2, 0) is 16.2 Å². The number of hydrogen-bond donors (Lipinski definition) is 4. The summed E-state index contributed by atoms with van der Waals surface area (Å²) in [4.78, 5) is 29.7. The summed E-state index contributed by atoms with van der Waals surface area (Å²) in [6.45, 7) is 3.07. The summed E-state index contributed by atoms with van der Waals surface area (Å²) in [5.74, 6) is -0.749. The molecule has 34 heavy (non-hydrogen) atoms. The first-order valence-corrected chi connectivity index (χ1v) is 11.5. The summed E-state index contributed by atoms with van der Waals surface area (Å²) in [7, 11) is 0. The molecular formula is C26H28N4O4. The van der Waals surface area contributed by atoms with Gasteiger partial charge in [-0.3, -0.25) is 19.8 Å². The van der Waals surface area contributed by atoms with E-state index in [2.05, 4.69) is 15.6 Å². The highest BCUT2D eigenvalue weighted by molar-refractivity contribution is 5.98. The van der Waals surface area contributed by atoms with Gasteiger partial charge in [0.2, 0.25) is 11.8 Å². The first-order chi connectivity index (χ1) is 16.5. The molecule has 1 saturated carbocycles. The van der Waals surface area contributed by atoms with Gasteiger partial charge in [-0.2, -0.15) is 0 Å². The van der Waals surface area contributed by atoms with Gasteiger partial charge in [0.25, 0.3) is 0 Å². The molecule has 2 heterocycles. The number of amides is 2. The minimum Gasteiger partial charge on any atom is -0.489 e. The minimum atomic E-state index is -0.697. The van der Waals surface area contributed by atoms with Crippen LogP contribution in [0.15, 0.2) is 54.6 Å². The average Bonchev–Trinajstić information content (AvgIpc) is 3.61. The topological polar surface area (TPSA) is 113 Å². The van der Waals surface area contributed by atoms with Gasteiger partial charge in [0.1, 0.15) is 12.4 Å². The number of pyridine rings is 1. The number of aromatic nitrogens is 1. The second kappa shape index (κ2) is 9.04. The molecule has 176 valence electrons. The smallest absolute Gasteiger partial charge is 0.248 e. The number of hydrogen-bond acceptors (Lipinski definition) is 6. The summed E-state index contributed by atoms with van der Waals surface area (Å²) in [6.07, 6.45) is 2.68. The molecule has 8 nitrogen and oxygen atoms in total. The molecule has 5 rings (SSSR count). The molecule has 0 bridgehead atoms. The number of hydroxylamine groups is 1. The Morgan fingerprint density at radius 3 is 2.65 bits per heavy atom. The van der Waals surface area contributed by atoms with Crippen LogP contribution >= 0.6 is 0 Å². The third-order valence-corrected chi connectivity index (χ3v) is 6.88. The van der Waals surface area contributed by atoms with Gasteiger partial charge in [-0.25, -0.2) is 5.48 Å². The largest absolute Gasteiger partial charge is 0.489 e. The monoisotopic (exact) mass is 460 g/mol. The molecular weight excluding hydrogens is 432 g/mol. The van der Waals surface area contributed by atoms with Gasteiger partial charge >= 0.3 is 0 Å². The second-order valence-electron chi connectivity index (χ2n) is 9.39. The number of carbonyl (C=O) groups is 2. The number of piperidine rings is 1. The Morgan fingerprint density at radius 2 is 1.91 bits per heavy atom. The Kier molecular flexibility index (Phi) is 5.93. The van der Waals surface area contributed by atoms with E-state index < -0.39 is 17.9 Å². The maximum absolute atomic E-state index is 12.9. The number of nitrogens with zero attached hydrogens (tertiary/aromatic N) is 1. The van der Waals surface area contributed by atoms with Crippen LogP contribution in [0.4, 0.5) is 5.69 Å². The van der Waals surface area contributed by atoms with Crippen LogP contribution in [0.1, 0.15) is 30.5 Å². The van der Waals surface area contributed by atoms with Crippen LogP contribution < -0.4 is 20.9 Å². The minimum absolute atomic E-state index is 0.0889. The molecule has 1 aromatic heterocycles. The zero-order valence-corrected chi connectivity index (χ0v) is 19.0. The molecule has 3 aromatic rings. The highest BCUT2D eigenvalue weighted by atomic mass is 16.5. The Bertz CT molecular complexity index is 1220. The van der Waals surface area contributed by atoms with Crippen molar-refractivity contribution in [3.05, 3.63) is 65.9 Å². The van der Waals surface area contributed by atoms with E-state index in [9.17, 15) is 9.59 Å². The lowest BCUT2D eigenvalue weighted by Crippen LogP contribution is -2.56. The maximum Gasteiger partial charge on any atom is 0.248 e. The molecule has 1 aliphatic carbocycles. The van der Waals surface area contributed by atoms with Crippen molar-refractivity contribution in [2.75, 3.05) is 11.9 Å². The van der Waals surface area contributed by atoms with Crippen molar-refractivity contribution >= 4 is 28.4 Å². The molecule has 8 heteroatoms. The summed E-state index contributed by atoms with van der Waals surface area (Å²) >= 11 is 0. The Hall–Kier alpha value is -3.49. The number of aryl methyl sites for hydroxylation is 1. The van der Waals surface area contributed by atoms with Gasteiger partial charge in [-0.1, -0.05) is 18.2 Å². The fraction of sp³-hybridized carbons (Fsp3) is 0.346. The Balaban J connectivity index is 1.22. The normalized spacial score (nSPS) is 20.6. The molecule has 1 spiro atoms. The number of para-hydroxylation sites is 1. The van der Waals surface area contributed by atoms with Crippen LogP contribution in [0.25, 0.3) is 10.9 Å². The van der Waals surface area contributed by atoms with Crippen molar-refractivity contribution in [2.45, 2.75) is 38.8 Å². The van der Waals surface area contributed by atoms with Gasteiger partial charge in [-0.15, -0.1) is 0 Å². The standard InChI is InChI=1S/C26H28N4O4/c1-16-12-17(20-4-2-3-5-22(20)28-16)14-34-19-8-6-18(7-9-19)29-25(32)23-21(24(31)30-33)13-26(10-11-26)15-27-23/h2-9,12,21,23,27,33H,10-11,13-15H2,1H3,(H,29,32)(H,30,31)/t21-,23-/m0/s1. The fourth-order valence-electron chi connectivity index (χ4n) is 4.82. The summed E-state index contributed by atoms with van der Waals surface area (Å²) in [5, 5.41) is 16.3. The number of ether oxygens (including phenoxy) is 1. The second-order valence-corrected chi connectivity index (χ2v) is 9.39. The summed E-state index contributed by atoms with van der Waals surface area (Å²) < 4.78 is 5.99. The summed E-state index contributed by atoms with van der Waals surface area (Å²) in [6, 6.07) is 16.5. The lowest BCUT2D eigenvalue weighted by atomic mass is 9.81. The maximum atomic E-state index is 12.9. The van der Waals surface area contributed by atoms with Gasteiger partial charge < -0.3 is 15.4 Å². The highest BCUT2D eigenvalue weighted by Gasteiger charge is 2.52. The van der Waals surface area contributed by atoms with E-state index in [1.807, 2.05) is 37.3 Å². The van der Waals surface area contributed by atoms with E-state index in [1.54, 1.807) is 29.7 Å². The predicted molar refractivity (Wildman–Crippen MR) is 127 cm³/mol. The van der Waals surface area contributed by atoms with Crippen LogP contribution in [0, 0.1) is 18.3 Å². The van der Waals surface area contributed by atoms with E-state index in [-0.39, 0.29) is 11.3 Å². The van der Waals surface area contributed by atoms with Crippen LogP contribution in [0.3, 0.4) is 0 Å². The van der Waals surface area contributed by atoms with Crippen molar-refractivity contribution in [3.8, 4) is 5.75 Å². The van der Waals surface area contributed by atoms with Crippen molar-refractivity contribution in [1.29, 1.82) is 0 Å². The fourth-order valence-corrected chi connectivity index (χ4v) is 4.82. The molecule has 0 unspecified atom stereocenters. The number of nitrogens with one attached hydrogen (secondary N) is 3. The lowest BCUT2D eigenvalue weighted by molar-refractivity contribution is -0.139. The van der Waals surface area contributed by atoms with E-state index >= 15 is 0 Å². The van der Waals surface area contributed by atoms with Gasteiger partial charge in [0.15, 0.2) is 0 Å². The van der Waals surface area contributed by atoms with Gasteiger partial charge in [0.05, 0.1) is 17.5 Å². The first kappa shape index (κ1) is 22.3. The van der Waals surface area contributed by atoms with Gasteiger partial charge in [-0.05, 0) is 68.0 Å². The molecule has 0 radical (unpaired) electrons. The number of benzene rings is 2. The van der Waals surface area contributed by atoms with E-state index in [4.69, 9.17) is 9.94 Å². The molecule has 2 aliphatic rings. The van der Waals surface area contributed by atoms with E-state index in [0.717, 1.165) is 35.0 Å². The zero-order chi connectivity index (χ0) is 23.7. The molecule has 2 amide bonds. The Labute approximate surface area is 197 Å². The van der Waals surface area contributed by atoms with Crippen molar-refractivity contribution in [2.24, 2.45) is 11.3 Å². The molecule has 1 saturated heterocycles. The van der Waals surface area contributed by atoms with E-state index in [0.29, 0.717) is 31.0 Å². The van der Waals surface area contributed by atoms with Crippen molar-refractivity contribution in [3.63, 3.8) is 0 Å². The number of fused-ring (bicyclic) bond motifs is 1. The molecule has 2 atom stereocenters. The lowest BCUT2D eigenvalue weighted by Gasteiger charge is -2.35. The van der Waals surface area contributed by atoms with E-state index in [1.165, 1.54) is 0 Å². The quantitative estimate of drug-likeness (QED) is 0.332. The van der Waals surface area contributed by atoms with Crippen LogP contribution in [-0.4, -0.2) is 34.6 Å². The molecule has 1 aliphatic heterocycles.